The third kappa shape index (κ3) is 6.64. The fraction of sp³-hybridized carbons (Fsp3) is 0.293. The summed E-state index contributed by atoms with van der Waals surface area (Å²) < 4.78 is 83.1. The summed E-state index contributed by atoms with van der Waals surface area (Å²) in [5.41, 5.74) is 6.65. The van der Waals surface area contributed by atoms with Crippen LogP contribution in [-0.4, -0.2) is 3.21 Å². The summed E-state index contributed by atoms with van der Waals surface area (Å²) in [5, 5.41) is 0. The quantitative estimate of drug-likeness (QED) is 0.183. The molecule has 6 rings (SSSR count). The van der Waals surface area contributed by atoms with Crippen LogP contribution in [0.4, 0.5) is 26.3 Å². The van der Waals surface area contributed by atoms with Gasteiger partial charge in [-0.2, -0.15) is 0 Å². The van der Waals surface area contributed by atoms with Gasteiger partial charge in [-0.05, 0) is 0 Å². The molecule has 0 N–H and O–H groups in total. The molecule has 0 unspecified atom stereocenters. The Morgan fingerprint density at radius 3 is 1.19 bits per heavy atom. The molecule has 2 aliphatic rings. The van der Waals surface area contributed by atoms with E-state index in [1.165, 1.54) is 46.5 Å². The third-order valence-corrected chi connectivity index (χ3v) is 18.1. The van der Waals surface area contributed by atoms with E-state index in [9.17, 15) is 26.3 Å². The second-order valence-electron chi connectivity index (χ2n) is 14.8. The van der Waals surface area contributed by atoms with Gasteiger partial charge in [-0.25, -0.2) is 0 Å². The van der Waals surface area contributed by atoms with Gasteiger partial charge in [0.1, 0.15) is 0 Å². The van der Waals surface area contributed by atoms with Crippen LogP contribution in [0.25, 0.3) is 11.1 Å². The van der Waals surface area contributed by atoms with Gasteiger partial charge in [-0.15, -0.1) is 0 Å². The van der Waals surface area contributed by atoms with Crippen LogP contribution in [0.1, 0.15) is 89.7 Å². The van der Waals surface area contributed by atoms with Crippen LogP contribution >= 0.6 is 0 Å². The molecule has 248 valence electrons. The fourth-order valence-electron chi connectivity index (χ4n) is 6.81. The zero-order valence-corrected chi connectivity index (χ0v) is 30.3. The van der Waals surface area contributed by atoms with Crippen molar-refractivity contribution < 1.29 is 47.6 Å². The van der Waals surface area contributed by atoms with E-state index in [4.69, 9.17) is 0 Å². The van der Waals surface area contributed by atoms with Crippen molar-refractivity contribution in [1.29, 1.82) is 0 Å². The van der Waals surface area contributed by atoms with Gasteiger partial charge in [0, 0.05) is 0 Å². The molecule has 0 aliphatic heterocycles. The predicted molar refractivity (Wildman–Crippen MR) is 179 cm³/mol. The maximum absolute atomic E-state index is 13.7. The maximum atomic E-state index is 13.7. The van der Waals surface area contributed by atoms with Crippen molar-refractivity contribution in [3.63, 3.8) is 0 Å². The first-order valence-electron chi connectivity index (χ1n) is 16.1. The molecule has 4 aromatic carbocycles. The van der Waals surface area contributed by atoms with Crippen molar-refractivity contribution in [2.45, 2.75) is 72.0 Å². The third-order valence-electron chi connectivity index (χ3n) is 9.46. The molecule has 0 radical (unpaired) electrons. The molecule has 0 fully saturated rings. The van der Waals surface area contributed by atoms with E-state index in [1.807, 2.05) is 12.2 Å². The van der Waals surface area contributed by atoms with Gasteiger partial charge in [0.2, 0.25) is 0 Å². The summed E-state index contributed by atoms with van der Waals surface area (Å²) in [6.45, 7) is 13.1. The SMILES string of the molecule is CC(C)(C)c1ccc2c(c1)-c1cc(C(C)(C)C)ccc1[CH]2[Zr](=[C](c1ccc(C(F)(F)F)cc1)c1ccc(C(F)(F)F)cc1)[CH]1C=CC=C1. The zero-order chi connectivity index (χ0) is 34.8. The molecule has 0 spiro atoms. The monoisotopic (exact) mass is 734 g/mol. The van der Waals surface area contributed by atoms with Gasteiger partial charge in [0.15, 0.2) is 0 Å². The van der Waals surface area contributed by atoms with Gasteiger partial charge in [-0.3, -0.25) is 0 Å². The van der Waals surface area contributed by atoms with Gasteiger partial charge in [-0.1, -0.05) is 0 Å². The second kappa shape index (κ2) is 12.2. The summed E-state index contributed by atoms with van der Waals surface area (Å²) in [6, 6.07) is 23.7. The normalized spacial score (nSPS) is 15.2. The van der Waals surface area contributed by atoms with Crippen LogP contribution in [-0.2, 0) is 44.4 Å². The van der Waals surface area contributed by atoms with E-state index in [1.54, 1.807) is 0 Å². The minimum absolute atomic E-state index is 0.0281. The second-order valence-corrected chi connectivity index (χ2v) is 21.3. The summed E-state index contributed by atoms with van der Waals surface area (Å²) in [7, 11) is 0. The molecule has 0 amide bonds. The first-order chi connectivity index (χ1) is 22.3. The van der Waals surface area contributed by atoms with Crippen molar-refractivity contribution in [3.8, 4) is 11.1 Å². The van der Waals surface area contributed by atoms with Crippen LogP contribution in [0, 0.1) is 0 Å². The Morgan fingerprint density at radius 2 is 0.854 bits per heavy atom. The average Bonchev–Trinajstić information content (AvgIpc) is 3.65. The Bertz CT molecular complexity index is 1810. The van der Waals surface area contributed by atoms with E-state index in [2.05, 4.69) is 90.1 Å². The van der Waals surface area contributed by atoms with Crippen molar-refractivity contribution in [3.05, 3.63) is 154 Å². The molecule has 2 aliphatic carbocycles. The molecule has 0 saturated heterocycles. The zero-order valence-electron chi connectivity index (χ0n) is 27.8. The molecule has 7 heteroatoms. The van der Waals surface area contributed by atoms with Crippen molar-refractivity contribution in [1.82, 2.24) is 0 Å². The topological polar surface area (TPSA) is 0 Å². The van der Waals surface area contributed by atoms with Crippen LogP contribution in [0.15, 0.2) is 109 Å². The summed E-state index contributed by atoms with van der Waals surface area (Å²) in [5.74, 6) is 0. The molecule has 0 nitrogen and oxygen atoms in total. The van der Waals surface area contributed by atoms with E-state index in [0.29, 0.717) is 11.1 Å². The van der Waals surface area contributed by atoms with Gasteiger partial charge in [0.05, 0.1) is 0 Å². The van der Waals surface area contributed by atoms with Crippen LogP contribution in [0.5, 0.6) is 0 Å². The Hall–Kier alpha value is -3.31. The summed E-state index contributed by atoms with van der Waals surface area (Å²) >= 11 is -3.30. The number of allylic oxidation sites excluding steroid dienone is 4. The van der Waals surface area contributed by atoms with Crippen molar-refractivity contribution in [2.75, 3.05) is 0 Å². The molecule has 0 bridgehead atoms. The molecule has 0 heterocycles. The van der Waals surface area contributed by atoms with Crippen molar-refractivity contribution >= 4 is 3.21 Å². The average molecular weight is 736 g/mol. The standard InChI is InChI=1S/C21H25.C15H8F6.C5H5.Zr/c1-20(2,3)16-9-7-14-11-15-8-10-17(21(4,5)6)13-19(15)18(14)12-16;16-14(17,18)12-5-1-10(2-6-12)9-11-3-7-13(8-4-11)15(19,20)21;1-2-4-5-3-1;/h7-13H,1-6H3;1-8H;1-5H;. The van der Waals surface area contributed by atoms with Crippen LogP contribution in [0.3, 0.4) is 0 Å². The molecule has 0 atom stereocenters. The number of alkyl halides is 6. The number of benzene rings is 4. The minimum atomic E-state index is -4.51. The molecule has 0 saturated carbocycles. The van der Waals surface area contributed by atoms with E-state index >= 15 is 0 Å². The molecular weight excluding hydrogens is 698 g/mol. The van der Waals surface area contributed by atoms with E-state index in [0.717, 1.165) is 38.6 Å². The number of hydrogen-bond donors (Lipinski definition) is 0. The van der Waals surface area contributed by atoms with E-state index in [-0.39, 0.29) is 18.1 Å². The number of rotatable bonds is 4. The van der Waals surface area contributed by atoms with Crippen LogP contribution < -0.4 is 0 Å². The molecule has 48 heavy (non-hydrogen) atoms. The first kappa shape index (κ1) is 34.6. The van der Waals surface area contributed by atoms with E-state index < -0.39 is 44.7 Å². The first-order valence-corrected chi connectivity index (χ1v) is 20.1. The Labute approximate surface area is 286 Å². The molecular formula is C41H38F6Zr. The number of halogens is 6. The van der Waals surface area contributed by atoms with Gasteiger partial charge >= 0.3 is 288 Å². The Balaban J connectivity index is 1.70. The van der Waals surface area contributed by atoms with Gasteiger partial charge in [0.25, 0.3) is 0 Å². The van der Waals surface area contributed by atoms with Gasteiger partial charge < -0.3 is 0 Å². The molecule has 0 aromatic heterocycles. The van der Waals surface area contributed by atoms with Crippen molar-refractivity contribution in [2.24, 2.45) is 0 Å². The molecule has 4 aromatic rings. The summed E-state index contributed by atoms with van der Waals surface area (Å²) in [6.07, 6.45) is -0.689. The fourth-order valence-corrected chi connectivity index (χ4v) is 16.2. The number of fused-ring (bicyclic) bond motifs is 3. The number of hydrogen-bond acceptors (Lipinski definition) is 0. The predicted octanol–water partition coefficient (Wildman–Crippen LogP) is 12.2. The Kier molecular flexibility index (Phi) is 8.80. The summed E-state index contributed by atoms with van der Waals surface area (Å²) in [4.78, 5) is 0. The van der Waals surface area contributed by atoms with Crippen LogP contribution in [0.2, 0.25) is 3.63 Å². The Morgan fingerprint density at radius 1 is 0.500 bits per heavy atom.